The summed E-state index contributed by atoms with van der Waals surface area (Å²) in [5.74, 6) is -0.386. The van der Waals surface area contributed by atoms with E-state index in [2.05, 4.69) is 21.9 Å². The summed E-state index contributed by atoms with van der Waals surface area (Å²) in [4.78, 5) is 27.6. The van der Waals surface area contributed by atoms with Crippen molar-refractivity contribution in [3.63, 3.8) is 0 Å². The normalized spacial score (nSPS) is 15.6. The molecule has 1 aromatic carbocycles. The van der Waals surface area contributed by atoms with Crippen molar-refractivity contribution in [3.8, 4) is 0 Å². The largest absolute Gasteiger partial charge is 0.465 e. The summed E-state index contributed by atoms with van der Waals surface area (Å²) < 4.78 is 4.63. The SMILES string of the molecule is CCN1CCN(C(=O)Nc2ccc(C(=O)OC)cc2)CC1. The van der Waals surface area contributed by atoms with Crippen LogP contribution in [0.25, 0.3) is 0 Å². The van der Waals surface area contributed by atoms with Crippen LogP contribution in [0.15, 0.2) is 24.3 Å². The van der Waals surface area contributed by atoms with Gasteiger partial charge in [-0.1, -0.05) is 6.92 Å². The van der Waals surface area contributed by atoms with E-state index in [-0.39, 0.29) is 12.0 Å². The Morgan fingerprint density at radius 3 is 2.29 bits per heavy atom. The molecule has 6 heteroatoms. The third-order valence-electron chi connectivity index (χ3n) is 3.66. The molecule has 1 aliphatic heterocycles. The lowest BCUT2D eigenvalue weighted by Gasteiger charge is -2.33. The highest BCUT2D eigenvalue weighted by atomic mass is 16.5. The van der Waals surface area contributed by atoms with Crippen molar-refractivity contribution in [2.75, 3.05) is 45.2 Å². The molecule has 2 amide bonds. The molecule has 0 bridgehead atoms. The Hall–Kier alpha value is -2.08. The maximum absolute atomic E-state index is 12.1. The van der Waals surface area contributed by atoms with E-state index < -0.39 is 0 Å². The average molecular weight is 291 g/mol. The van der Waals surface area contributed by atoms with Crippen LogP contribution in [0, 0.1) is 0 Å². The fourth-order valence-electron chi connectivity index (χ4n) is 2.28. The molecule has 0 aliphatic carbocycles. The molecule has 0 radical (unpaired) electrons. The van der Waals surface area contributed by atoms with E-state index in [9.17, 15) is 9.59 Å². The van der Waals surface area contributed by atoms with Crippen LogP contribution in [0.4, 0.5) is 10.5 Å². The Balaban J connectivity index is 1.89. The standard InChI is InChI=1S/C15H21N3O3/c1-3-17-8-10-18(11-9-17)15(20)16-13-6-4-12(5-7-13)14(19)21-2/h4-7H,3,8-11H2,1-2H3,(H,16,20). The molecule has 0 spiro atoms. The second kappa shape index (κ2) is 7.08. The minimum atomic E-state index is -0.386. The van der Waals surface area contributed by atoms with E-state index >= 15 is 0 Å². The number of methoxy groups -OCH3 is 1. The Bertz CT molecular complexity index is 493. The van der Waals surface area contributed by atoms with Crippen LogP contribution in [0.2, 0.25) is 0 Å². The Morgan fingerprint density at radius 2 is 1.76 bits per heavy atom. The average Bonchev–Trinajstić information content (AvgIpc) is 2.55. The van der Waals surface area contributed by atoms with E-state index in [1.165, 1.54) is 7.11 Å². The summed E-state index contributed by atoms with van der Waals surface area (Å²) in [6.07, 6.45) is 0. The van der Waals surface area contributed by atoms with Crippen LogP contribution in [0.3, 0.4) is 0 Å². The van der Waals surface area contributed by atoms with Crippen molar-refractivity contribution in [3.05, 3.63) is 29.8 Å². The van der Waals surface area contributed by atoms with Crippen molar-refractivity contribution >= 4 is 17.7 Å². The summed E-state index contributed by atoms with van der Waals surface area (Å²) in [6, 6.07) is 6.57. The van der Waals surface area contributed by atoms with Gasteiger partial charge in [-0.2, -0.15) is 0 Å². The minimum Gasteiger partial charge on any atom is -0.465 e. The first-order valence-corrected chi connectivity index (χ1v) is 7.10. The van der Waals surface area contributed by atoms with E-state index in [1.807, 2.05) is 0 Å². The number of esters is 1. The Labute approximate surface area is 124 Å². The number of rotatable bonds is 3. The zero-order valence-electron chi connectivity index (χ0n) is 12.5. The number of piperazine rings is 1. The van der Waals surface area contributed by atoms with Crippen molar-refractivity contribution in [2.24, 2.45) is 0 Å². The topological polar surface area (TPSA) is 61.9 Å². The number of nitrogens with zero attached hydrogens (tertiary/aromatic N) is 2. The second-order valence-electron chi connectivity index (χ2n) is 4.92. The highest BCUT2D eigenvalue weighted by Crippen LogP contribution is 2.12. The highest BCUT2D eigenvalue weighted by molar-refractivity contribution is 5.92. The highest BCUT2D eigenvalue weighted by Gasteiger charge is 2.20. The van der Waals surface area contributed by atoms with Gasteiger partial charge in [0.1, 0.15) is 0 Å². The summed E-state index contributed by atoms with van der Waals surface area (Å²) in [5.41, 5.74) is 1.14. The number of urea groups is 1. The summed E-state index contributed by atoms with van der Waals surface area (Å²) in [5, 5.41) is 2.84. The fraction of sp³-hybridized carbons (Fsp3) is 0.467. The van der Waals surface area contributed by atoms with Gasteiger partial charge in [0.05, 0.1) is 12.7 Å². The predicted molar refractivity (Wildman–Crippen MR) is 80.5 cm³/mol. The number of hydrogen-bond donors (Lipinski definition) is 1. The summed E-state index contributed by atoms with van der Waals surface area (Å²) in [6.45, 7) is 6.43. The first-order valence-electron chi connectivity index (χ1n) is 7.10. The molecule has 1 saturated heterocycles. The Kier molecular flexibility index (Phi) is 5.16. The predicted octanol–water partition coefficient (Wildman–Crippen LogP) is 1.64. The second-order valence-corrected chi connectivity index (χ2v) is 4.92. The lowest BCUT2D eigenvalue weighted by molar-refractivity contribution is 0.0601. The lowest BCUT2D eigenvalue weighted by Crippen LogP contribution is -2.49. The summed E-state index contributed by atoms with van der Waals surface area (Å²) >= 11 is 0. The molecule has 21 heavy (non-hydrogen) atoms. The van der Waals surface area contributed by atoms with Gasteiger partial charge < -0.3 is 19.9 Å². The molecule has 0 atom stereocenters. The molecular weight excluding hydrogens is 270 g/mol. The molecule has 6 nitrogen and oxygen atoms in total. The van der Waals surface area contributed by atoms with E-state index in [1.54, 1.807) is 29.2 Å². The van der Waals surface area contributed by atoms with Crippen molar-refractivity contribution in [1.29, 1.82) is 0 Å². The Morgan fingerprint density at radius 1 is 1.14 bits per heavy atom. The third kappa shape index (κ3) is 3.95. The van der Waals surface area contributed by atoms with Crippen molar-refractivity contribution < 1.29 is 14.3 Å². The van der Waals surface area contributed by atoms with Gasteiger partial charge in [-0.3, -0.25) is 0 Å². The van der Waals surface area contributed by atoms with Crippen LogP contribution >= 0.6 is 0 Å². The van der Waals surface area contributed by atoms with Crippen LogP contribution < -0.4 is 5.32 Å². The molecule has 1 heterocycles. The maximum Gasteiger partial charge on any atom is 0.337 e. The molecule has 1 fully saturated rings. The van der Waals surface area contributed by atoms with Gasteiger partial charge in [0.2, 0.25) is 0 Å². The van der Waals surface area contributed by atoms with Crippen LogP contribution in [0.1, 0.15) is 17.3 Å². The molecule has 1 aromatic rings. The van der Waals surface area contributed by atoms with Crippen LogP contribution in [0.5, 0.6) is 0 Å². The van der Waals surface area contributed by atoms with Gasteiger partial charge >= 0.3 is 12.0 Å². The van der Waals surface area contributed by atoms with Crippen LogP contribution in [-0.2, 0) is 4.74 Å². The molecule has 0 unspecified atom stereocenters. The monoisotopic (exact) mass is 291 g/mol. The van der Waals surface area contributed by atoms with Gasteiger partial charge in [0, 0.05) is 31.9 Å². The number of ether oxygens (including phenoxy) is 1. The van der Waals surface area contributed by atoms with E-state index in [0.29, 0.717) is 11.3 Å². The van der Waals surface area contributed by atoms with Gasteiger partial charge in [-0.05, 0) is 30.8 Å². The van der Waals surface area contributed by atoms with E-state index in [0.717, 1.165) is 32.7 Å². The van der Waals surface area contributed by atoms with E-state index in [4.69, 9.17) is 0 Å². The lowest BCUT2D eigenvalue weighted by atomic mass is 10.2. The minimum absolute atomic E-state index is 0.100. The van der Waals surface area contributed by atoms with Crippen molar-refractivity contribution in [2.45, 2.75) is 6.92 Å². The number of amides is 2. The molecule has 2 rings (SSSR count). The number of likely N-dealkylation sites (N-methyl/N-ethyl adjacent to an activating group) is 1. The zero-order chi connectivity index (χ0) is 15.2. The third-order valence-corrected chi connectivity index (χ3v) is 3.66. The molecule has 0 saturated carbocycles. The van der Waals surface area contributed by atoms with Gasteiger partial charge in [0.15, 0.2) is 0 Å². The van der Waals surface area contributed by atoms with Gasteiger partial charge in [-0.25, -0.2) is 9.59 Å². The zero-order valence-corrected chi connectivity index (χ0v) is 12.5. The number of carbonyl (C=O) groups is 2. The number of benzene rings is 1. The first-order chi connectivity index (χ1) is 10.1. The molecule has 0 aromatic heterocycles. The quantitative estimate of drug-likeness (QED) is 0.860. The van der Waals surface area contributed by atoms with Crippen LogP contribution in [-0.4, -0.2) is 61.6 Å². The maximum atomic E-state index is 12.1. The van der Waals surface area contributed by atoms with Gasteiger partial charge in [0.25, 0.3) is 0 Å². The number of carbonyl (C=O) groups excluding carboxylic acids is 2. The number of nitrogens with one attached hydrogen (secondary N) is 1. The fourth-order valence-corrected chi connectivity index (χ4v) is 2.28. The molecule has 1 N–H and O–H groups in total. The number of anilines is 1. The smallest absolute Gasteiger partial charge is 0.337 e. The molecular formula is C15H21N3O3. The first kappa shape index (κ1) is 15.3. The summed E-state index contributed by atoms with van der Waals surface area (Å²) in [7, 11) is 1.34. The van der Waals surface area contributed by atoms with Crippen molar-refractivity contribution in [1.82, 2.24) is 9.80 Å². The molecule has 114 valence electrons. The molecule has 1 aliphatic rings. The van der Waals surface area contributed by atoms with Gasteiger partial charge in [-0.15, -0.1) is 0 Å². The number of hydrogen-bond acceptors (Lipinski definition) is 4.